The first kappa shape index (κ1) is 22.9. The minimum atomic E-state index is 0.722. The summed E-state index contributed by atoms with van der Waals surface area (Å²) in [6.07, 6.45) is 16.0. The van der Waals surface area contributed by atoms with E-state index in [1.807, 2.05) is 30.9 Å². The predicted molar refractivity (Wildman–Crippen MR) is 163 cm³/mol. The number of hydrogen-bond donors (Lipinski definition) is 0. The second-order valence-electron chi connectivity index (χ2n) is 9.67. The smallest absolute Gasteiger partial charge is 0.0651 e. The average Bonchev–Trinajstić information content (AvgIpc) is 3.36. The third-order valence-corrected chi connectivity index (χ3v) is 7.30. The largest absolute Gasteiger partial charge is 0.336 e. The highest BCUT2D eigenvalue weighted by atomic mass is 15.1. The molecule has 6 aromatic rings. The minimum absolute atomic E-state index is 0.722. The van der Waals surface area contributed by atoms with E-state index in [9.17, 15) is 0 Å². The van der Waals surface area contributed by atoms with Crippen molar-refractivity contribution in [3.8, 4) is 16.8 Å². The molecule has 0 unspecified atom stereocenters. The number of fused-ring (bicyclic) bond motifs is 4. The Morgan fingerprint density at radius 1 is 0.641 bits per heavy atom. The third kappa shape index (κ3) is 4.03. The van der Waals surface area contributed by atoms with E-state index in [1.54, 1.807) is 0 Å². The van der Waals surface area contributed by atoms with Crippen LogP contribution < -0.4 is 4.90 Å². The lowest BCUT2D eigenvalue weighted by Crippen LogP contribution is -2.18. The first-order chi connectivity index (χ1) is 19.3. The molecule has 0 spiro atoms. The van der Waals surface area contributed by atoms with Gasteiger partial charge in [0, 0.05) is 52.1 Å². The van der Waals surface area contributed by atoms with Crippen LogP contribution in [-0.2, 0) is 0 Å². The van der Waals surface area contributed by atoms with Crippen LogP contribution in [0.4, 0.5) is 11.4 Å². The molecule has 0 fully saturated rings. The molecule has 0 saturated heterocycles. The van der Waals surface area contributed by atoms with E-state index in [4.69, 9.17) is 0 Å². The van der Waals surface area contributed by atoms with Crippen LogP contribution in [0.1, 0.15) is 5.56 Å². The Balaban J connectivity index is 1.34. The summed E-state index contributed by atoms with van der Waals surface area (Å²) < 4.78 is 2.29. The number of benzene rings is 3. The Bertz CT molecular complexity index is 1870. The van der Waals surface area contributed by atoms with E-state index in [1.165, 1.54) is 21.8 Å². The summed E-state index contributed by atoms with van der Waals surface area (Å²) in [5, 5.41) is 2.47. The second kappa shape index (κ2) is 9.58. The molecule has 4 nitrogen and oxygen atoms in total. The number of allylic oxidation sites excluding steroid dienone is 4. The van der Waals surface area contributed by atoms with E-state index in [0.717, 1.165) is 45.9 Å². The molecule has 0 atom stereocenters. The number of anilines is 2. The fourth-order valence-electron chi connectivity index (χ4n) is 5.47. The summed E-state index contributed by atoms with van der Waals surface area (Å²) >= 11 is 0. The van der Waals surface area contributed by atoms with Gasteiger partial charge in [-0.05, 0) is 35.9 Å². The lowest BCUT2D eigenvalue weighted by atomic mass is 10.0. The molecule has 0 saturated carbocycles. The van der Waals surface area contributed by atoms with Crippen molar-refractivity contribution in [1.82, 2.24) is 14.5 Å². The highest BCUT2D eigenvalue weighted by Crippen LogP contribution is 2.36. The van der Waals surface area contributed by atoms with Crippen LogP contribution in [0.15, 0.2) is 141 Å². The van der Waals surface area contributed by atoms with Gasteiger partial charge in [0.25, 0.3) is 0 Å². The van der Waals surface area contributed by atoms with Crippen LogP contribution in [0, 0.1) is 0 Å². The quantitative estimate of drug-likeness (QED) is 0.243. The van der Waals surface area contributed by atoms with Crippen molar-refractivity contribution in [2.24, 2.45) is 0 Å². The van der Waals surface area contributed by atoms with Gasteiger partial charge in [-0.3, -0.25) is 9.97 Å². The highest BCUT2D eigenvalue weighted by molar-refractivity contribution is 6.09. The van der Waals surface area contributed by atoms with Crippen molar-refractivity contribution in [3.63, 3.8) is 0 Å². The van der Waals surface area contributed by atoms with Crippen LogP contribution >= 0.6 is 0 Å². The van der Waals surface area contributed by atoms with Crippen LogP contribution in [0.3, 0.4) is 0 Å². The monoisotopic (exact) mass is 502 g/mol. The SMILES string of the molecule is C=C1/C=C\C=C/CN(c2cncc(-c3cncc(-n4c5ccccc5c5ccccc54)c3)c2)c2ccccc21. The average molecular weight is 503 g/mol. The van der Waals surface area contributed by atoms with Gasteiger partial charge < -0.3 is 9.47 Å². The Hall–Kier alpha value is -5.22. The van der Waals surface area contributed by atoms with Crippen molar-refractivity contribution in [1.29, 1.82) is 0 Å². The molecule has 0 amide bonds. The number of hydrogen-bond acceptors (Lipinski definition) is 3. The van der Waals surface area contributed by atoms with Gasteiger partial charge in [-0.2, -0.15) is 0 Å². The molecule has 4 heterocycles. The molecule has 0 bridgehead atoms. The van der Waals surface area contributed by atoms with Gasteiger partial charge in [0.15, 0.2) is 0 Å². The summed E-state index contributed by atoms with van der Waals surface area (Å²) in [4.78, 5) is 11.6. The molecule has 0 aliphatic carbocycles. The van der Waals surface area contributed by atoms with Crippen molar-refractivity contribution in [2.75, 3.05) is 11.4 Å². The fraction of sp³-hybridized carbons (Fsp3) is 0.0286. The molecular formula is C35H26N4. The van der Waals surface area contributed by atoms with E-state index >= 15 is 0 Å². The normalized spacial score (nSPS) is 15.0. The van der Waals surface area contributed by atoms with Crippen molar-refractivity contribution >= 4 is 38.8 Å². The second-order valence-corrected chi connectivity index (χ2v) is 9.67. The van der Waals surface area contributed by atoms with Gasteiger partial charge in [-0.25, -0.2) is 0 Å². The van der Waals surface area contributed by atoms with Crippen LogP contribution in [-0.4, -0.2) is 21.1 Å². The van der Waals surface area contributed by atoms with E-state index < -0.39 is 0 Å². The summed E-state index contributed by atoms with van der Waals surface area (Å²) in [7, 11) is 0. The van der Waals surface area contributed by atoms with Crippen LogP contribution in [0.25, 0.3) is 44.2 Å². The first-order valence-electron chi connectivity index (χ1n) is 13.1. The van der Waals surface area contributed by atoms with E-state index in [2.05, 4.69) is 129 Å². The molecule has 39 heavy (non-hydrogen) atoms. The molecule has 7 rings (SSSR count). The van der Waals surface area contributed by atoms with Gasteiger partial charge in [-0.15, -0.1) is 0 Å². The van der Waals surface area contributed by atoms with Crippen molar-refractivity contribution in [2.45, 2.75) is 0 Å². The molecule has 1 aliphatic heterocycles. The molecule has 0 N–H and O–H groups in total. The Labute approximate surface area is 227 Å². The standard InChI is InChI=1S/C35H26N4/c1-25-11-3-2-10-18-38(33-15-7-4-12-30(25)33)28-19-26(21-36-23-28)27-20-29(24-37-22-27)39-34-16-8-5-13-31(34)32-14-6-9-17-35(32)39/h2-17,19-24H,1,18H2/b10-2-,11-3-. The molecule has 186 valence electrons. The zero-order valence-electron chi connectivity index (χ0n) is 21.4. The van der Waals surface area contributed by atoms with Crippen LogP contribution in [0.2, 0.25) is 0 Å². The number of aromatic nitrogens is 3. The molecule has 4 heteroatoms. The number of para-hydroxylation sites is 3. The molecule has 0 radical (unpaired) electrons. The minimum Gasteiger partial charge on any atom is -0.336 e. The van der Waals surface area contributed by atoms with Gasteiger partial charge in [-0.1, -0.05) is 85.5 Å². The number of rotatable bonds is 3. The number of nitrogens with zero attached hydrogens (tertiary/aromatic N) is 4. The maximum atomic E-state index is 4.67. The zero-order valence-corrected chi connectivity index (χ0v) is 21.4. The van der Waals surface area contributed by atoms with E-state index in [-0.39, 0.29) is 0 Å². The summed E-state index contributed by atoms with van der Waals surface area (Å²) in [5.41, 5.74) is 9.60. The number of pyridine rings is 2. The van der Waals surface area contributed by atoms with Gasteiger partial charge >= 0.3 is 0 Å². The van der Waals surface area contributed by atoms with Gasteiger partial charge in [0.2, 0.25) is 0 Å². The van der Waals surface area contributed by atoms with Crippen molar-refractivity contribution in [3.05, 3.63) is 146 Å². The highest BCUT2D eigenvalue weighted by Gasteiger charge is 2.16. The fourth-order valence-corrected chi connectivity index (χ4v) is 5.47. The Kier molecular flexibility index (Phi) is 5.64. The van der Waals surface area contributed by atoms with Crippen molar-refractivity contribution < 1.29 is 0 Å². The first-order valence-corrected chi connectivity index (χ1v) is 13.1. The topological polar surface area (TPSA) is 34.0 Å². The van der Waals surface area contributed by atoms with Gasteiger partial charge in [0.05, 0.1) is 34.8 Å². The molecule has 3 aromatic carbocycles. The molecule has 3 aromatic heterocycles. The lowest BCUT2D eigenvalue weighted by Gasteiger charge is -2.26. The summed E-state index contributed by atoms with van der Waals surface area (Å²) in [6, 6.07) is 29.8. The molecular weight excluding hydrogens is 476 g/mol. The Morgan fingerprint density at radius 3 is 2.00 bits per heavy atom. The predicted octanol–water partition coefficient (Wildman–Crippen LogP) is 8.52. The maximum Gasteiger partial charge on any atom is 0.0651 e. The zero-order chi connectivity index (χ0) is 26.2. The summed E-state index contributed by atoms with van der Waals surface area (Å²) in [6.45, 7) is 5.02. The third-order valence-electron chi connectivity index (χ3n) is 7.30. The molecule has 1 aliphatic rings. The van der Waals surface area contributed by atoms with Gasteiger partial charge in [0.1, 0.15) is 0 Å². The maximum absolute atomic E-state index is 4.67. The van der Waals surface area contributed by atoms with Crippen LogP contribution in [0.5, 0.6) is 0 Å². The summed E-state index contributed by atoms with van der Waals surface area (Å²) in [5.74, 6) is 0. The van der Waals surface area contributed by atoms with E-state index in [0.29, 0.717) is 0 Å². The Morgan fingerprint density at radius 2 is 1.26 bits per heavy atom. The lowest BCUT2D eigenvalue weighted by molar-refractivity contribution is 1.08.